The van der Waals surface area contributed by atoms with Crippen molar-refractivity contribution >= 4 is 30.3 Å². The van der Waals surface area contributed by atoms with Crippen molar-refractivity contribution in [1.29, 1.82) is 0 Å². The monoisotopic (exact) mass is 273 g/mol. The van der Waals surface area contributed by atoms with Gasteiger partial charge in [0.05, 0.1) is 0 Å². The molecular formula is C13H23NOS2. The summed E-state index contributed by atoms with van der Waals surface area (Å²) in [4.78, 5) is 14.3. The Bertz CT molecular complexity index is 300. The second-order valence-electron chi connectivity index (χ2n) is 6.07. The zero-order valence-electron chi connectivity index (χ0n) is 10.9. The minimum Gasteiger partial charge on any atom is -0.342 e. The summed E-state index contributed by atoms with van der Waals surface area (Å²) in [5.74, 6) is 2.30. The van der Waals surface area contributed by atoms with Gasteiger partial charge in [-0.2, -0.15) is 24.4 Å². The number of carbonyl (C=O) groups is 1. The van der Waals surface area contributed by atoms with Crippen LogP contribution in [0.1, 0.15) is 39.5 Å². The summed E-state index contributed by atoms with van der Waals surface area (Å²) in [5.41, 5.74) is 0.259. The minimum atomic E-state index is 0.259. The molecule has 0 spiro atoms. The smallest absolute Gasteiger partial charge is 0.223 e. The first kappa shape index (κ1) is 13.6. The van der Waals surface area contributed by atoms with E-state index in [4.69, 9.17) is 0 Å². The van der Waals surface area contributed by atoms with E-state index in [-0.39, 0.29) is 5.41 Å². The van der Waals surface area contributed by atoms with Crippen LogP contribution in [0.5, 0.6) is 0 Å². The van der Waals surface area contributed by atoms with E-state index in [1.165, 1.54) is 12.8 Å². The van der Waals surface area contributed by atoms with Crippen molar-refractivity contribution in [3.63, 3.8) is 0 Å². The van der Waals surface area contributed by atoms with Gasteiger partial charge >= 0.3 is 0 Å². The Labute approximate surface area is 114 Å². The van der Waals surface area contributed by atoms with Crippen molar-refractivity contribution in [2.75, 3.05) is 24.6 Å². The average molecular weight is 273 g/mol. The second kappa shape index (κ2) is 5.04. The van der Waals surface area contributed by atoms with Crippen molar-refractivity contribution < 1.29 is 4.79 Å². The summed E-state index contributed by atoms with van der Waals surface area (Å²) >= 11 is 6.37. The lowest BCUT2D eigenvalue weighted by Crippen LogP contribution is -2.35. The van der Waals surface area contributed by atoms with Gasteiger partial charge in [0.25, 0.3) is 0 Å². The standard InChI is InChI=1S/C13H23NOS2/c1-12(2)5-6-14(7-8-17-12)11(15)9-13(10-16)3-4-13/h16H,3-10H2,1-2H3. The molecule has 0 aromatic carbocycles. The van der Waals surface area contributed by atoms with Crippen molar-refractivity contribution in [3.05, 3.63) is 0 Å². The molecule has 0 bridgehead atoms. The minimum absolute atomic E-state index is 0.259. The number of hydrogen-bond donors (Lipinski definition) is 1. The maximum atomic E-state index is 12.3. The molecule has 1 saturated heterocycles. The lowest BCUT2D eigenvalue weighted by atomic mass is 10.0. The number of nitrogens with zero attached hydrogens (tertiary/aromatic N) is 1. The molecule has 2 nitrogen and oxygen atoms in total. The molecule has 0 unspecified atom stereocenters. The molecule has 2 fully saturated rings. The summed E-state index contributed by atoms with van der Waals surface area (Å²) < 4.78 is 0.329. The average Bonchev–Trinajstić information content (AvgIpc) is 3.04. The van der Waals surface area contributed by atoms with Gasteiger partial charge in [0.2, 0.25) is 5.91 Å². The number of thiol groups is 1. The zero-order valence-corrected chi connectivity index (χ0v) is 12.6. The largest absolute Gasteiger partial charge is 0.342 e. The normalized spacial score (nSPS) is 26.4. The fourth-order valence-electron chi connectivity index (χ4n) is 2.27. The number of thioether (sulfide) groups is 1. The number of hydrogen-bond acceptors (Lipinski definition) is 3. The van der Waals surface area contributed by atoms with E-state index in [0.717, 1.165) is 37.4 Å². The molecule has 0 atom stereocenters. The van der Waals surface area contributed by atoms with E-state index in [1.807, 2.05) is 11.8 Å². The van der Waals surface area contributed by atoms with Crippen LogP contribution in [0.2, 0.25) is 0 Å². The van der Waals surface area contributed by atoms with Crippen LogP contribution in [-0.2, 0) is 4.79 Å². The Balaban J connectivity index is 1.87. The van der Waals surface area contributed by atoms with E-state index < -0.39 is 0 Å². The van der Waals surface area contributed by atoms with Crippen LogP contribution < -0.4 is 0 Å². The molecule has 2 rings (SSSR count). The highest BCUT2D eigenvalue weighted by Gasteiger charge is 2.43. The Morgan fingerprint density at radius 3 is 2.59 bits per heavy atom. The molecule has 0 aromatic heterocycles. The van der Waals surface area contributed by atoms with Crippen molar-refractivity contribution in [2.24, 2.45) is 5.41 Å². The fourth-order valence-corrected chi connectivity index (χ4v) is 3.80. The Morgan fingerprint density at radius 1 is 1.29 bits per heavy atom. The molecule has 1 aliphatic heterocycles. The summed E-state index contributed by atoms with van der Waals surface area (Å²) in [7, 11) is 0. The SMILES string of the molecule is CC1(C)CCN(C(=O)CC2(CS)CC2)CCS1. The molecule has 98 valence electrons. The van der Waals surface area contributed by atoms with Crippen molar-refractivity contribution in [1.82, 2.24) is 4.90 Å². The van der Waals surface area contributed by atoms with Crippen LogP contribution in [0.25, 0.3) is 0 Å². The predicted molar refractivity (Wildman–Crippen MR) is 77.9 cm³/mol. The third kappa shape index (κ3) is 3.57. The lowest BCUT2D eigenvalue weighted by molar-refractivity contribution is -0.132. The maximum Gasteiger partial charge on any atom is 0.223 e. The van der Waals surface area contributed by atoms with Gasteiger partial charge in [-0.1, -0.05) is 13.8 Å². The first-order valence-corrected chi connectivity index (χ1v) is 8.11. The molecule has 1 aliphatic carbocycles. The maximum absolute atomic E-state index is 12.3. The fraction of sp³-hybridized carbons (Fsp3) is 0.923. The zero-order chi connectivity index (χ0) is 12.5. The lowest BCUT2D eigenvalue weighted by Gasteiger charge is -2.24. The topological polar surface area (TPSA) is 20.3 Å². The van der Waals surface area contributed by atoms with Crippen LogP contribution in [0.4, 0.5) is 0 Å². The number of amides is 1. The summed E-state index contributed by atoms with van der Waals surface area (Å²) in [6, 6.07) is 0. The van der Waals surface area contributed by atoms with E-state index in [9.17, 15) is 4.79 Å². The Morgan fingerprint density at radius 2 is 2.00 bits per heavy atom. The molecule has 1 saturated carbocycles. The summed E-state index contributed by atoms with van der Waals surface area (Å²) in [5, 5.41) is 0. The predicted octanol–water partition coefficient (Wildman–Crippen LogP) is 2.83. The molecule has 1 amide bonds. The summed E-state index contributed by atoms with van der Waals surface area (Å²) in [6.07, 6.45) is 4.21. The van der Waals surface area contributed by atoms with Crippen LogP contribution in [-0.4, -0.2) is 40.1 Å². The van der Waals surface area contributed by atoms with Crippen LogP contribution in [0.3, 0.4) is 0 Å². The van der Waals surface area contributed by atoms with Gasteiger partial charge in [0.15, 0.2) is 0 Å². The molecular weight excluding hydrogens is 250 g/mol. The van der Waals surface area contributed by atoms with Gasteiger partial charge in [-0.15, -0.1) is 0 Å². The molecule has 0 aromatic rings. The number of carbonyl (C=O) groups excluding carboxylic acids is 1. The molecule has 17 heavy (non-hydrogen) atoms. The van der Waals surface area contributed by atoms with Gasteiger partial charge in [-0.3, -0.25) is 4.79 Å². The van der Waals surface area contributed by atoms with E-state index >= 15 is 0 Å². The first-order chi connectivity index (χ1) is 7.96. The third-order valence-corrected chi connectivity index (χ3v) is 6.05. The van der Waals surface area contributed by atoms with E-state index in [0.29, 0.717) is 10.7 Å². The van der Waals surface area contributed by atoms with E-state index in [1.54, 1.807) is 0 Å². The van der Waals surface area contributed by atoms with Gasteiger partial charge in [0, 0.05) is 30.0 Å². The molecule has 0 radical (unpaired) electrons. The third-order valence-electron chi connectivity index (χ3n) is 4.01. The van der Waals surface area contributed by atoms with E-state index in [2.05, 4.69) is 31.4 Å². The molecule has 1 heterocycles. The second-order valence-corrected chi connectivity index (χ2v) is 8.19. The quantitative estimate of drug-likeness (QED) is 0.798. The van der Waals surface area contributed by atoms with Crippen LogP contribution in [0, 0.1) is 5.41 Å². The van der Waals surface area contributed by atoms with Gasteiger partial charge < -0.3 is 4.90 Å². The Kier molecular flexibility index (Phi) is 4.03. The van der Waals surface area contributed by atoms with Crippen LogP contribution >= 0.6 is 24.4 Å². The highest BCUT2D eigenvalue weighted by Crippen LogP contribution is 2.50. The highest BCUT2D eigenvalue weighted by molar-refractivity contribution is 8.00. The summed E-state index contributed by atoms with van der Waals surface area (Å²) in [6.45, 7) is 6.42. The molecule has 4 heteroatoms. The van der Waals surface area contributed by atoms with Crippen molar-refractivity contribution in [3.8, 4) is 0 Å². The highest BCUT2D eigenvalue weighted by atomic mass is 32.2. The van der Waals surface area contributed by atoms with Crippen LogP contribution in [0.15, 0.2) is 0 Å². The van der Waals surface area contributed by atoms with Crippen molar-refractivity contribution in [2.45, 2.75) is 44.3 Å². The Hall–Kier alpha value is 0.170. The van der Waals surface area contributed by atoms with Gasteiger partial charge in [-0.05, 0) is 30.4 Å². The molecule has 0 N–H and O–H groups in total. The van der Waals surface area contributed by atoms with Gasteiger partial charge in [-0.25, -0.2) is 0 Å². The first-order valence-electron chi connectivity index (χ1n) is 6.49. The molecule has 2 aliphatic rings. The number of rotatable bonds is 3. The van der Waals surface area contributed by atoms with Gasteiger partial charge in [0.1, 0.15) is 0 Å².